The van der Waals surface area contributed by atoms with Crippen molar-refractivity contribution in [3.63, 3.8) is 0 Å². The molecule has 0 radical (unpaired) electrons. The largest absolute Gasteiger partial charge is 0.479 e. The van der Waals surface area contributed by atoms with Crippen molar-refractivity contribution in [1.82, 2.24) is 4.98 Å². The molecule has 0 N–H and O–H groups in total. The second kappa shape index (κ2) is 10.8. The molecule has 1 unspecified atom stereocenters. The van der Waals surface area contributed by atoms with Gasteiger partial charge >= 0.3 is 5.97 Å². The van der Waals surface area contributed by atoms with Crippen LogP contribution >= 0.6 is 35.6 Å². The fourth-order valence-corrected chi connectivity index (χ4v) is 3.28. The molecule has 1 atom stereocenters. The number of esters is 1. The number of rotatable bonds is 8. The Morgan fingerprint density at radius 1 is 1.45 bits per heavy atom. The number of carbonyl (C=O) groups excluding carboxylic acids is 1. The Morgan fingerprint density at radius 3 is 2.82 bits per heavy atom. The maximum atomic E-state index is 11.0. The van der Waals surface area contributed by atoms with E-state index in [0.29, 0.717) is 22.7 Å². The summed E-state index contributed by atoms with van der Waals surface area (Å²) < 4.78 is 10.9. The van der Waals surface area contributed by atoms with E-state index in [9.17, 15) is 4.79 Å². The molecule has 0 aromatic carbocycles. The average molecular weight is 362 g/mol. The van der Waals surface area contributed by atoms with Gasteiger partial charge in [-0.25, -0.2) is 4.98 Å². The highest BCUT2D eigenvalue weighted by molar-refractivity contribution is 8.23. The third kappa shape index (κ3) is 8.56. The van der Waals surface area contributed by atoms with Crippen LogP contribution in [-0.2, 0) is 20.7 Å². The van der Waals surface area contributed by atoms with E-state index in [4.69, 9.17) is 33.3 Å². The summed E-state index contributed by atoms with van der Waals surface area (Å²) >= 11 is 12.4. The summed E-state index contributed by atoms with van der Waals surface area (Å²) in [4.78, 5) is 15.0. The van der Waals surface area contributed by atoms with Gasteiger partial charge in [-0.15, -0.1) is 0 Å². The summed E-state index contributed by atoms with van der Waals surface area (Å²) in [6.45, 7) is 4.18. The molecule has 0 spiro atoms. The number of hydrogen-bond acceptors (Lipinski definition) is 6. The van der Waals surface area contributed by atoms with Crippen LogP contribution in [0.5, 0.6) is 0 Å². The molecule has 1 aromatic heterocycles. The van der Waals surface area contributed by atoms with E-state index >= 15 is 0 Å². The van der Waals surface area contributed by atoms with Crippen LogP contribution < -0.4 is 0 Å². The van der Waals surface area contributed by atoms with Gasteiger partial charge in [0, 0.05) is 18.4 Å². The van der Waals surface area contributed by atoms with Crippen LogP contribution in [0.1, 0.15) is 32.3 Å². The number of ether oxygens (including phenoxy) is 2. The number of aromatic nitrogens is 1. The quantitative estimate of drug-likeness (QED) is 0.395. The van der Waals surface area contributed by atoms with Gasteiger partial charge in [0.15, 0.2) is 0 Å². The minimum absolute atomic E-state index is 0.100. The highest BCUT2D eigenvalue weighted by atomic mass is 35.5. The van der Waals surface area contributed by atoms with Gasteiger partial charge in [-0.2, -0.15) is 0 Å². The lowest BCUT2D eigenvalue weighted by Gasteiger charge is -2.16. The predicted octanol–water partition coefficient (Wildman–Crippen LogP) is 4.04. The minimum atomic E-state index is -0.283. The average Bonchev–Trinajstić information content (AvgIpc) is 2.46. The van der Waals surface area contributed by atoms with Gasteiger partial charge in [-0.1, -0.05) is 29.4 Å². The van der Waals surface area contributed by atoms with Crippen molar-refractivity contribution in [3.05, 3.63) is 29.0 Å². The number of thioether (sulfide) groups is 1. The van der Waals surface area contributed by atoms with Crippen LogP contribution in [0.3, 0.4) is 0 Å². The van der Waals surface area contributed by atoms with E-state index in [1.54, 1.807) is 12.3 Å². The molecular formula is C15H20ClNO3S2. The summed E-state index contributed by atoms with van der Waals surface area (Å²) in [5.41, 5.74) is 1.13. The number of nitrogens with zero attached hydrogens (tertiary/aromatic N) is 1. The van der Waals surface area contributed by atoms with E-state index in [1.807, 2.05) is 13.0 Å². The second-order valence-electron chi connectivity index (χ2n) is 4.61. The lowest BCUT2D eigenvalue weighted by molar-refractivity contribution is -0.140. The summed E-state index contributed by atoms with van der Waals surface area (Å²) in [5, 5.41) is 0.595. The number of aryl methyl sites for hydroxylation is 1. The Morgan fingerprint density at radius 2 is 2.23 bits per heavy atom. The number of hydrogen-bond donors (Lipinski definition) is 0. The first-order chi connectivity index (χ1) is 10.5. The summed E-state index contributed by atoms with van der Waals surface area (Å²) in [6, 6.07) is 3.75. The van der Waals surface area contributed by atoms with Crippen molar-refractivity contribution in [2.24, 2.45) is 0 Å². The van der Waals surface area contributed by atoms with Crippen molar-refractivity contribution < 1.29 is 14.3 Å². The van der Waals surface area contributed by atoms with Crippen LogP contribution in [-0.4, -0.2) is 33.8 Å². The number of carbonyl (C=O) groups is 1. The Labute approximate surface area is 145 Å². The van der Waals surface area contributed by atoms with Gasteiger partial charge in [-0.3, -0.25) is 4.79 Å². The highest BCUT2D eigenvalue weighted by Crippen LogP contribution is 2.21. The minimum Gasteiger partial charge on any atom is -0.479 e. The molecule has 0 saturated carbocycles. The number of halogens is 1. The van der Waals surface area contributed by atoms with Crippen molar-refractivity contribution in [3.8, 4) is 0 Å². The molecular weight excluding hydrogens is 342 g/mol. The number of pyridine rings is 1. The van der Waals surface area contributed by atoms with E-state index < -0.39 is 0 Å². The van der Waals surface area contributed by atoms with Crippen LogP contribution in [0.15, 0.2) is 18.3 Å². The number of thiocarbonyl (C=S) groups is 1. The van der Waals surface area contributed by atoms with E-state index in [1.165, 1.54) is 18.7 Å². The fourth-order valence-electron chi connectivity index (χ4n) is 1.76. The first-order valence-electron chi connectivity index (χ1n) is 7.08. The van der Waals surface area contributed by atoms with Crippen LogP contribution in [0.4, 0.5) is 0 Å². The van der Waals surface area contributed by atoms with Crippen molar-refractivity contribution >= 4 is 45.9 Å². The maximum absolute atomic E-state index is 11.0. The van der Waals surface area contributed by atoms with Gasteiger partial charge in [0.25, 0.3) is 0 Å². The first kappa shape index (κ1) is 19.2. The Bertz CT molecular complexity index is 482. The van der Waals surface area contributed by atoms with Gasteiger partial charge in [-0.05, 0) is 50.0 Å². The van der Waals surface area contributed by atoms with E-state index in [2.05, 4.69) is 4.98 Å². The van der Waals surface area contributed by atoms with Gasteiger partial charge in [0.05, 0.1) is 6.61 Å². The third-order valence-corrected chi connectivity index (χ3v) is 4.42. The molecule has 1 heterocycles. The normalized spacial score (nSPS) is 11.8. The maximum Gasteiger partial charge on any atom is 0.302 e. The monoisotopic (exact) mass is 361 g/mol. The zero-order valence-corrected chi connectivity index (χ0v) is 15.1. The lowest BCUT2D eigenvalue weighted by Crippen LogP contribution is -2.17. The van der Waals surface area contributed by atoms with Gasteiger partial charge in [0.1, 0.15) is 11.8 Å². The van der Waals surface area contributed by atoms with Crippen LogP contribution in [0, 0.1) is 0 Å². The molecule has 122 valence electrons. The second-order valence-corrected chi connectivity index (χ2v) is 6.90. The van der Waals surface area contributed by atoms with E-state index in [-0.39, 0.29) is 11.2 Å². The summed E-state index contributed by atoms with van der Waals surface area (Å²) in [6.07, 6.45) is 4.48. The van der Waals surface area contributed by atoms with Crippen LogP contribution in [0.25, 0.3) is 0 Å². The van der Waals surface area contributed by atoms with Crippen molar-refractivity contribution in [1.29, 1.82) is 0 Å². The molecule has 0 amide bonds. The standard InChI is InChI=1S/C15H20ClNO3S2/c1-3-19-15(21)22-13(10-20-11(2)18)6-4-5-12-7-8-14(16)17-9-12/h7-9,13H,3-6,10H2,1-2H3. The molecule has 0 aliphatic heterocycles. The molecule has 1 rings (SSSR count). The van der Waals surface area contributed by atoms with Crippen LogP contribution in [0.2, 0.25) is 5.15 Å². The molecule has 0 aliphatic rings. The summed E-state index contributed by atoms with van der Waals surface area (Å²) in [7, 11) is 0. The molecule has 0 bridgehead atoms. The fraction of sp³-hybridized carbons (Fsp3) is 0.533. The SMILES string of the molecule is CCOC(=S)SC(CCCc1ccc(Cl)nc1)COC(C)=O. The van der Waals surface area contributed by atoms with Gasteiger partial charge in [0.2, 0.25) is 4.38 Å². The molecule has 0 aliphatic carbocycles. The van der Waals surface area contributed by atoms with E-state index in [0.717, 1.165) is 24.8 Å². The molecule has 7 heteroatoms. The Kier molecular flexibility index (Phi) is 9.43. The molecule has 0 fully saturated rings. The Hall–Kier alpha value is -0.850. The third-order valence-electron chi connectivity index (χ3n) is 2.78. The topological polar surface area (TPSA) is 48.4 Å². The zero-order chi connectivity index (χ0) is 16.4. The lowest BCUT2D eigenvalue weighted by atomic mass is 10.1. The predicted molar refractivity (Wildman–Crippen MR) is 94.4 cm³/mol. The van der Waals surface area contributed by atoms with Gasteiger partial charge < -0.3 is 9.47 Å². The smallest absolute Gasteiger partial charge is 0.302 e. The Balaban J connectivity index is 2.43. The van der Waals surface area contributed by atoms with Crippen molar-refractivity contribution in [2.75, 3.05) is 13.2 Å². The molecule has 0 saturated heterocycles. The molecule has 22 heavy (non-hydrogen) atoms. The molecule has 4 nitrogen and oxygen atoms in total. The van der Waals surface area contributed by atoms with Crippen molar-refractivity contribution in [2.45, 2.75) is 38.4 Å². The summed E-state index contributed by atoms with van der Waals surface area (Å²) in [5.74, 6) is -0.283. The zero-order valence-electron chi connectivity index (χ0n) is 12.7. The first-order valence-corrected chi connectivity index (χ1v) is 8.75. The molecule has 1 aromatic rings. The highest BCUT2D eigenvalue weighted by Gasteiger charge is 2.15.